The van der Waals surface area contributed by atoms with Crippen LogP contribution >= 0.6 is 0 Å². The van der Waals surface area contributed by atoms with Gasteiger partial charge in [0.1, 0.15) is 0 Å². The van der Waals surface area contributed by atoms with Gasteiger partial charge < -0.3 is 10.0 Å². The van der Waals surface area contributed by atoms with E-state index in [0.717, 1.165) is 12.1 Å². The Morgan fingerprint density at radius 3 is 2.50 bits per heavy atom. The summed E-state index contributed by atoms with van der Waals surface area (Å²) in [5.41, 5.74) is -0.242. The van der Waals surface area contributed by atoms with Crippen LogP contribution in [-0.2, 0) is 0 Å². The molecule has 0 saturated carbocycles. The van der Waals surface area contributed by atoms with Gasteiger partial charge in [0, 0.05) is 5.56 Å². The standard InChI is InChI=1S/C7H6BF2O2/c9-7(10)5-2-1-3-6(4-5)8(11)12/h2-4,7,11-12H. The molecule has 0 bridgehead atoms. The Balaban J connectivity index is 2.96. The summed E-state index contributed by atoms with van der Waals surface area (Å²) in [5, 5.41) is 17.2. The minimum absolute atomic E-state index is 0.0211. The third-order valence-corrected chi connectivity index (χ3v) is 1.38. The van der Waals surface area contributed by atoms with Crippen molar-refractivity contribution in [2.45, 2.75) is 6.43 Å². The normalized spacial score (nSPS) is 10.4. The predicted molar refractivity (Wildman–Crippen MR) is 40.1 cm³/mol. The van der Waals surface area contributed by atoms with Crippen molar-refractivity contribution in [3.8, 4) is 0 Å². The SMILES string of the molecule is OB(O)c1c[c]cc(C(F)F)c1. The van der Waals surface area contributed by atoms with Crippen LogP contribution in [0, 0.1) is 6.07 Å². The zero-order valence-corrected chi connectivity index (χ0v) is 6.04. The van der Waals surface area contributed by atoms with Crippen LogP contribution in [0.4, 0.5) is 8.78 Å². The first-order chi connectivity index (χ1) is 5.61. The smallest absolute Gasteiger partial charge is 0.423 e. The van der Waals surface area contributed by atoms with Crippen molar-refractivity contribution in [2.24, 2.45) is 0 Å². The molecule has 12 heavy (non-hydrogen) atoms. The molecule has 1 aromatic carbocycles. The van der Waals surface area contributed by atoms with Gasteiger partial charge in [-0.1, -0.05) is 12.1 Å². The molecule has 5 heteroatoms. The van der Waals surface area contributed by atoms with E-state index in [1.165, 1.54) is 6.07 Å². The molecular weight excluding hydrogens is 165 g/mol. The molecule has 0 aliphatic heterocycles. The highest BCUT2D eigenvalue weighted by Crippen LogP contribution is 2.16. The van der Waals surface area contributed by atoms with Gasteiger partial charge in [0.25, 0.3) is 6.43 Å². The fourth-order valence-corrected chi connectivity index (χ4v) is 0.785. The maximum atomic E-state index is 12.0. The van der Waals surface area contributed by atoms with Crippen molar-refractivity contribution in [1.82, 2.24) is 0 Å². The van der Waals surface area contributed by atoms with E-state index in [4.69, 9.17) is 10.0 Å². The van der Waals surface area contributed by atoms with Gasteiger partial charge in [-0.3, -0.25) is 0 Å². The van der Waals surface area contributed by atoms with E-state index in [2.05, 4.69) is 6.07 Å². The Morgan fingerprint density at radius 1 is 1.33 bits per heavy atom. The van der Waals surface area contributed by atoms with Crippen LogP contribution in [0.15, 0.2) is 18.2 Å². The van der Waals surface area contributed by atoms with Crippen LogP contribution < -0.4 is 5.46 Å². The molecule has 0 aliphatic rings. The quantitative estimate of drug-likeness (QED) is 0.619. The van der Waals surface area contributed by atoms with E-state index in [-0.39, 0.29) is 11.0 Å². The molecule has 1 aromatic rings. The molecule has 2 nitrogen and oxygen atoms in total. The van der Waals surface area contributed by atoms with Crippen LogP contribution in [-0.4, -0.2) is 17.2 Å². The largest absolute Gasteiger partial charge is 0.488 e. The maximum Gasteiger partial charge on any atom is 0.488 e. The molecule has 0 aromatic heterocycles. The Bertz CT molecular complexity index is 242. The predicted octanol–water partition coefficient (Wildman–Crippen LogP) is 0.104. The molecule has 1 rings (SSSR count). The molecule has 63 valence electrons. The third-order valence-electron chi connectivity index (χ3n) is 1.38. The van der Waals surface area contributed by atoms with Crippen LogP contribution in [0.2, 0.25) is 0 Å². The van der Waals surface area contributed by atoms with Crippen LogP contribution in [0.5, 0.6) is 0 Å². The van der Waals surface area contributed by atoms with Crippen molar-refractivity contribution < 1.29 is 18.8 Å². The molecule has 0 saturated heterocycles. The highest BCUT2D eigenvalue weighted by atomic mass is 19.3. The lowest BCUT2D eigenvalue weighted by Gasteiger charge is -2.02. The number of hydrogen-bond acceptors (Lipinski definition) is 2. The van der Waals surface area contributed by atoms with Gasteiger partial charge in [-0.15, -0.1) is 0 Å². The van der Waals surface area contributed by atoms with Crippen LogP contribution in [0.1, 0.15) is 12.0 Å². The molecule has 0 heterocycles. The van der Waals surface area contributed by atoms with Crippen molar-refractivity contribution in [3.05, 3.63) is 29.8 Å². The number of rotatable bonds is 2. The summed E-state index contributed by atoms with van der Waals surface area (Å²) in [4.78, 5) is 0. The molecule has 1 radical (unpaired) electrons. The van der Waals surface area contributed by atoms with E-state index >= 15 is 0 Å². The monoisotopic (exact) mass is 171 g/mol. The van der Waals surface area contributed by atoms with E-state index in [1.54, 1.807) is 0 Å². The second-order valence-corrected chi connectivity index (χ2v) is 2.27. The molecule has 0 spiro atoms. The zero-order chi connectivity index (χ0) is 9.14. The number of halogens is 2. The lowest BCUT2D eigenvalue weighted by Crippen LogP contribution is -2.29. The molecule has 0 fully saturated rings. The van der Waals surface area contributed by atoms with Gasteiger partial charge in [0.05, 0.1) is 0 Å². The van der Waals surface area contributed by atoms with Crippen molar-refractivity contribution in [1.29, 1.82) is 0 Å². The summed E-state index contributed by atoms with van der Waals surface area (Å²) in [7, 11) is -1.72. The maximum absolute atomic E-state index is 12.0. The van der Waals surface area contributed by atoms with Crippen LogP contribution in [0.25, 0.3) is 0 Å². The van der Waals surface area contributed by atoms with Gasteiger partial charge >= 0.3 is 7.12 Å². The molecule has 0 atom stereocenters. The van der Waals surface area contributed by atoms with E-state index in [1.807, 2.05) is 0 Å². The summed E-state index contributed by atoms with van der Waals surface area (Å²) in [6.45, 7) is 0. The average Bonchev–Trinajstić information content (AvgIpc) is 2.04. The molecule has 0 unspecified atom stereocenters. The fraction of sp³-hybridized carbons (Fsp3) is 0.143. The summed E-state index contributed by atoms with van der Waals surface area (Å²) in [5.74, 6) is 0. The topological polar surface area (TPSA) is 40.5 Å². The summed E-state index contributed by atoms with van der Waals surface area (Å²) < 4.78 is 24.1. The molecular formula is C7H6BF2O2. The summed E-state index contributed by atoms with van der Waals surface area (Å²) in [6.07, 6.45) is -2.61. The molecule has 2 N–H and O–H groups in total. The van der Waals surface area contributed by atoms with Gasteiger partial charge in [-0.05, 0) is 17.6 Å². The highest BCUT2D eigenvalue weighted by Gasteiger charge is 2.13. The van der Waals surface area contributed by atoms with Crippen molar-refractivity contribution >= 4 is 12.6 Å². The van der Waals surface area contributed by atoms with E-state index < -0.39 is 13.5 Å². The fourth-order valence-electron chi connectivity index (χ4n) is 0.785. The van der Waals surface area contributed by atoms with Crippen molar-refractivity contribution in [2.75, 3.05) is 0 Å². The van der Waals surface area contributed by atoms with Gasteiger partial charge in [-0.2, -0.15) is 0 Å². The number of benzene rings is 1. The van der Waals surface area contributed by atoms with E-state index in [9.17, 15) is 8.78 Å². The highest BCUT2D eigenvalue weighted by molar-refractivity contribution is 6.58. The lowest BCUT2D eigenvalue weighted by atomic mass is 9.80. The number of hydrogen-bond donors (Lipinski definition) is 2. The Kier molecular flexibility index (Phi) is 2.78. The van der Waals surface area contributed by atoms with Crippen molar-refractivity contribution in [3.63, 3.8) is 0 Å². The second-order valence-electron chi connectivity index (χ2n) is 2.27. The van der Waals surface area contributed by atoms with Crippen LogP contribution in [0.3, 0.4) is 0 Å². The van der Waals surface area contributed by atoms with E-state index in [0.29, 0.717) is 0 Å². The zero-order valence-electron chi connectivity index (χ0n) is 6.04. The third kappa shape index (κ3) is 2.02. The Hall–Kier alpha value is -0.935. The number of alkyl halides is 2. The van der Waals surface area contributed by atoms with Gasteiger partial charge in [-0.25, -0.2) is 8.78 Å². The lowest BCUT2D eigenvalue weighted by molar-refractivity contribution is 0.151. The minimum atomic E-state index is -2.61. The van der Waals surface area contributed by atoms with Gasteiger partial charge in [0.2, 0.25) is 0 Å². The molecule has 0 aliphatic carbocycles. The first-order valence-electron chi connectivity index (χ1n) is 3.26. The van der Waals surface area contributed by atoms with Gasteiger partial charge in [0.15, 0.2) is 0 Å². The first kappa shape index (κ1) is 9.16. The summed E-state index contributed by atoms with van der Waals surface area (Å²) >= 11 is 0. The molecule has 0 amide bonds. The average molecular weight is 171 g/mol. The minimum Gasteiger partial charge on any atom is -0.423 e. The summed E-state index contributed by atoms with van der Waals surface area (Å²) in [6, 6.07) is 5.78. The Morgan fingerprint density at radius 2 is 2.00 bits per heavy atom. The first-order valence-corrected chi connectivity index (χ1v) is 3.26. The second kappa shape index (κ2) is 3.64. The Labute approximate surface area is 68.6 Å².